The van der Waals surface area contributed by atoms with Gasteiger partial charge < -0.3 is 15.3 Å². The second-order valence-corrected chi connectivity index (χ2v) is 8.02. The number of piperidine rings is 1. The zero-order chi connectivity index (χ0) is 19.6. The number of rotatable bonds is 4. The smallest absolute Gasteiger partial charge is 0.306 e. The van der Waals surface area contributed by atoms with Gasteiger partial charge in [-0.05, 0) is 58.1 Å². The van der Waals surface area contributed by atoms with Crippen LogP contribution in [0.5, 0.6) is 0 Å². The number of nitrogens with zero attached hydrogens (tertiary/aromatic N) is 1. The lowest BCUT2D eigenvalue weighted by molar-refractivity contribution is -0.141. The second-order valence-electron chi connectivity index (χ2n) is 8.02. The van der Waals surface area contributed by atoms with Crippen LogP contribution in [0.15, 0.2) is 18.2 Å². The molecule has 2 fully saturated rings. The summed E-state index contributed by atoms with van der Waals surface area (Å²) >= 11 is 0. The third-order valence-electron chi connectivity index (χ3n) is 5.68. The Hall–Kier alpha value is -2.37. The average molecular weight is 372 g/mol. The first-order valence-corrected chi connectivity index (χ1v) is 9.74. The molecule has 3 rings (SSSR count). The van der Waals surface area contributed by atoms with Crippen LogP contribution in [0.4, 0.5) is 0 Å². The molecular formula is C21H28N2O4. The Kier molecular flexibility index (Phi) is 5.82. The molecule has 0 radical (unpaired) electrons. The van der Waals surface area contributed by atoms with E-state index in [0.29, 0.717) is 37.9 Å². The summed E-state index contributed by atoms with van der Waals surface area (Å²) in [6, 6.07) is 5.76. The minimum absolute atomic E-state index is 0.0221. The van der Waals surface area contributed by atoms with E-state index < -0.39 is 5.97 Å². The molecule has 1 aromatic carbocycles. The van der Waals surface area contributed by atoms with Crippen molar-refractivity contribution in [3.63, 3.8) is 0 Å². The number of aliphatic carboxylic acids is 1. The van der Waals surface area contributed by atoms with Gasteiger partial charge in [0.2, 0.25) is 5.91 Å². The van der Waals surface area contributed by atoms with E-state index in [-0.39, 0.29) is 29.7 Å². The van der Waals surface area contributed by atoms with E-state index in [1.165, 1.54) is 0 Å². The lowest BCUT2D eigenvalue weighted by atomic mass is 9.95. The van der Waals surface area contributed by atoms with Crippen LogP contribution < -0.4 is 5.32 Å². The predicted molar refractivity (Wildman–Crippen MR) is 101 cm³/mol. The molecule has 1 aliphatic heterocycles. The van der Waals surface area contributed by atoms with Crippen molar-refractivity contribution in [1.29, 1.82) is 0 Å². The van der Waals surface area contributed by atoms with Gasteiger partial charge >= 0.3 is 5.97 Å². The van der Waals surface area contributed by atoms with Crippen molar-refractivity contribution in [2.45, 2.75) is 52.0 Å². The van der Waals surface area contributed by atoms with Gasteiger partial charge in [0, 0.05) is 24.7 Å². The fraction of sp³-hybridized carbons (Fsp3) is 0.571. The Morgan fingerprint density at radius 1 is 1.04 bits per heavy atom. The summed E-state index contributed by atoms with van der Waals surface area (Å²) in [4.78, 5) is 38.4. The first-order chi connectivity index (χ1) is 12.8. The average Bonchev–Trinajstić information content (AvgIpc) is 3.09. The molecule has 1 aromatic rings. The zero-order valence-electron chi connectivity index (χ0n) is 16.0. The molecular weight excluding hydrogens is 344 g/mol. The number of likely N-dealkylation sites (tertiary alicyclic amines) is 1. The van der Waals surface area contributed by atoms with Crippen LogP contribution in [-0.4, -0.2) is 46.9 Å². The lowest BCUT2D eigenvalue weighted by Gasteiger charge is -2.33. The number of carbonyl (C=O) groups excluding carboxylic acids is 2. The highest BCUT2D eigenvalue weighted by molar-refractivity contribution is 5.95. The summed E-state index contributed by atoms with van der Waals surface area (Å²) in [7, 11) is 0. The van der Waals surface area contributed by atoms with E-state index in [1.807, 2.05) is 32.0 Å². The summed E-state index contributed by atoms with van der Waals surface area (Å²) in [5, 5.41) is 12.1. The van der Waals surface area contributed by atoms with Crippen molar-refractivity contribution in [1.82, 2.24) is 10.2 Å². The molecule has 6 nitrogen and oxygen atoms in total. The maximum atomic E-state index is 12.9. The van der Waals surface area contributed by atoms with Gasteiger partial charge in [0.15, 0.2) is 0 Å². The predicted octanol–water partition coefficient (Wildman–Crippen LogP) is 2.53. The summed E-state index contributed by atoms with van der Waals surface area (Å²) in [6.07, 6.45) is 3.39. The van der Waals surface area contributed by atoms with Crippen LogP contribution in [0, 0.1) is 25.7 Å². The number of amides is 2. The molecule has 1 unspecified atom stereocenters. The van der Waals surface area contributed by atoms with E-state index in [2.05, 4.69) is 5.32 Å². The highest BCUT2D eigenvalue weighted by Gasteiger charge is 2.34. The Morgan fingerprint density at radius 3 is 2.37 bits per heavy atom. The molecule has 0 bridgehead atoms. The molecule has 0 spiro atoms. The van der Waals surface area contributed by atoms with Gasteiger partial charge in [-0.25, -0.2) is 0 Å². The van der Waals surface area contributed by atoms with E-state index >= 15 is 0 Å². The van der Waals surface area contributed by atoms with E-state index in [1.54, 1.807) is 4.90 Å². The minimum Gasteiger partial charge on any atom is -0.481 e. The number of carboxylic acid groups (broad SMARTS) is 1. The van der Waals surface area contributed by atoms with E-state index in [0.717, 1.165) is 24.0 Å². The molecule has 0 aromatic heterocycles. The van der Waals surface area contributed by atoms with Crippen molar-refractivity contribution in [3.8, 4) is 0 Å². The second kappa shape index (κ2) is 8.11. The van der Waals surface area contributed by atoms with Crippen LogP contribution in [-0.2, 0) is 9.59 Å². The van der Waals surface area contributed by atoms with Crippen LogP contribution in [0.25, 0.3) is 0 Å². The first-order valence-electron chi connectivity index (χ1n) is 9.74. The molecule has 6 heteroatoms. The Balaban J connectivity index is 1.59. The summed E-state index contributed by atoms with van der Waals surface area (Å²) < 4.78 is 0. The number of hydrogen-bond acceptors (Lipinski definition) is 3. The SMILES string of the molecule is Cc1cc(C)cc(C(=O)N2CCCC(C(=O)N[C@@H]3CC[C@H](C(=O)O)C3)C2)c1. The highest BCUT2D eigenvalue weighted by atomic mass is 16.4. The molecule has 1 saturated carbocycles. The monoisotopic (exact) mass is 372 g/mol. The van der Waals surface area contributed by atoms with Crippen molar-refractivity contribution >= 4 is 17.8 Å². The Bertz CT molecular complexity index is 725. The molecule has 2 N–H and O–H groups in total. The van der Waals surface area contributed by atoms with Gasteiger partial charge in [-0.3, -0.25) is 14.4 Å². The van der Waals surface area contributed by atoms with Gasteiger partial charge in [0.05, 0.1) is 11.8 Å². The first kappa shape index (κ1) is 19.4. The molecule has 1 aliphatic carbocycles. The van der Waals surface area contributed by atoms with Crippen molar-refractivity contribution in [2.75, 3.05) is 13.1 Å². The molecule has 1 heterocycles. The van der Waals surface area contributed by atoms with Crippen molar-refractivity contribution in [2.24, 2.45) is 11.8 Å². The molecule has 146 valence electrons. The summed E-state index contributed by atoms with van der Waals surface area (Å²) in [6.45, 7) is 5.04. The third-order valence-corrected chi connectivity index (χ3v) is 5.68. The highest BCUT2D eigenvalue weighted by Crippen LogP contribution is 2.27. The van der Waals surface area contributed by atoms with Gasteiger partial charge in [-0.2, -0.15) is 0 Å². The van der Waals surface area contributed by atoms with Crippen LogP contribution >= 0.6 is 0 Å². The largest absolute Gasteiger partial charge is 0.481 e. The zero-order valence-corrected chi connectivity index (χ0v) is 16.0. The standard InChI is InChI=1S/C21H28N2O4/c1-13-8-14(2)10-17(9-13)20(25)23-7-3-4-16(12-23)19(24)22-18-6-5-15(11-18)21(26)27/h8-10,15-16,18H,3-7,11-12H2,1-2H3,(H,22,24)(H,26,27)/t15-,16?,18+/m0/s1. The molecule has 27 heavy (non-hydrogen) atoms. The fourth-order valence-electron chi connectivity index (χ4n) is 4.31. The van der Waals surface area contributed by atoms with E-state index in [4.69, 9.17) is 5.11 Å². The fourth-order valence-corrected chi connectivity index (χ4v) is 4.31. The number of benzene rings is 1. The van der Waals surface area contributed by atoms with E-state index in [9.17, 15) is 14.4 Å². The van der Waals surface area contributed by atoms with Crippen molar-refractivity contribution in [3.05, 3.63) is 34.9 Å². The van der Waals surface area contributed by atoms with Crippen molar-refractivity contribution < 1.29 is 19.5 Å². The summed E-state index contributed by atoms with van der Waals surface area (Å²) in [5.41, 5.74) is 2.78. The Morgan fingerprint density at radius 2 is 1.74 bits per heavy atom. The topological polar surface area (TPSA) is 86.7 Å². The molecule has 2 amide bonds. The maximum Gasteiger partial charge on any atom is 0.306 e. The molecule has 1 saturated heterocycles. The minimum atomic E-state index is -0.783. The number of nitrogens with one attached hydrogen (secondary N) is 1. The van der Waals surface area contributed by atoms with Gasteiger partial charge in [-0.1, -0.05) is 17.2 Å². The van der Waals surface area contributed by atoms with Gasteiger partial charge in [-0.15, -0.1) is 0 Å². The van der Waals surface area contributed by atoms with Crippen LogP contribution in [0.3, 0.4) is 0 Å². The molecule has 3 atom stereocenters. The third kappa shape index (κ3) is 4.67. The quantitative estimate of drug-likeness (QED) is 0.850. The van der Waals surface area contributed by atoms with Crippen LogP contribution in [0.1, 0.15) is 53.6 Å². The number of carboxylic acids is 1. The normalized spacial score (nSPS) is 25.3. The number of carbonyl (C=O) groups is 3. The lowest BCUT2D eigenvalue weighted by Crippen LogP contribution is -2.47. The van der Waals surface area contributed by atoms with Gasteiger partial charge in [0.1, 0.15) is 0 Å². The van der Waals surface area contributed by atoms with Crippen LogP contribution in [0.2, 0.25) is 0 Å². The van der Waals surface area contributed by atoms with Gasteiger partial charge in [0.25, 0.3) is 5.91 Å². The maximum absolute atomic E-state index is 12.9. The summed E-state index contributed by atoms with van der Waals surface area (Å²) in [5.74, 6) is -1.44. The molecule has 2 aliphatic rings. The number of hydrogen-bond donors (Lipinski definition) is 2. The number of aryl methyl sites for hydroxylation is 2. The Labute approximate surface area is 159 Å².